The second kappa shape index (κ2) is 3.94. The van der Waals surface area contributed by atoms with Gasteiger partial charge in [0.25, 0.3) is 0 Å². The van der Waals surface area contributed by atoms with Crippen molar-refractivity contribution in [1.29, 1.82) is 0 Å². The molecule has 96 valence electrons. The van der Waals surface area contributed by atoms with Gasteiger partial charge in [0.1, 0.15) is 17.4 Å². The van der Waals surface area contributed by atoms with Crippen LogP contribution in [-0.2, 0) is 12.6 Å². The molecule has 2 rings (SSSR count). The Morgan fingerprint density at radius 2 is 2.06 bits per heavy atom. The number of nitro groups is 1. The summed E-state index contributed by atoms with van der Waals surface area (Å²) in [5.41, 5.74) is 0.714. The Labute approximate surface area is 104 Å². The number of aromatic nitrogens is 4. The van der Waals surface area contributed by atoms with Gasteiger partial charge in [0.05, 0.1) is 10.6 Å². The first-order valence-electron chi connectivity index (χ1n) is 5.53. The van der Waals surface area contributed by atoms with Crippen molar-refractivity contribution in [1.82, 2.24) is 19.6 Å². The first kappa shape index (κ1) is 12.3. The highest BCUT2D eigenvalue weighted by Crippen LogP contribution is 2.26. The lowest BCUT2D eigenvalue weighted by Crippen LogP contribution is -2.29. The Kier molecular flexibility index (Phi) is 2.68. The average Bonchev–Trinajstić information content (AvgIpc) is 2.84. The van der Waals surface area contributed by atoms with Gasteiger partial charge in [-0.05, 0) is 26.8 Å². The standard InChI is InChI=1S/C11H15N5O2/c1-8-9(16(17)18)7-15(12-8)11(2,3)10-5-6-14(4)13-10/h5-7H,1-4H3. The molecule has 0 N–H and O–H groups in total. The molecule has 0 aliphatic rings. The smallest absolute Gasteiger partial charge is 0.275 e. The van der Waals surface area contributed by atoms with Crippen LogP contribution in [0, 0.1) is 17.0 Å². The van der Waals surface area contributed by atoms with E-state index in [9.17, 15) is 10.1 Å². The van der Waals surface area contributed by atoms with E-state index >= 15 is 0 Å². The second-order valence-corrected chi connectivity index (χ2v) is 4.74. The number of nitrogens with zero attached hydrogens (tertiary/aromatic N) is 5. The Bertz CT molecular complexity index is 596. The molecule has 2 aromatic heterocycles. The average molecular weight is 249 g/mol. The number of aryl methyl sites for hydroxylation is 2. The predicted molar refractivity (Wildman–Crippen MR) is 65.3 cm³/mol. The molecular formula is C11H15N5O2. The van der Waals surface area contributed by atoms with Crippen LogP contribution in [-0.4, -0.2) is 24.5 Å². The second-order valence-electron chi connectivity index (χ2n) is 4.74. The van der Waals surface area contributed by atoms with E-state index in [1.807, 2.05) is 33.2 Å². The summed E-state index contributed by atoms with van der Waals surface area (Å²) in [4.78, 5) is 10.4. The first-order chi connectivity index (χ1) is 8.32. The minimum atomic E-state index is -0.528. The van der Waals surface area contributed by atoms with Gasteiger partial charge in [-0.25, -0.2) is 0 Å². The molecule has 0 bridgehead atoms. The van der Waals surface area contributed by atoms with Crippen molar-refractivity contribution in [2.75, 3.05) is 0 Å². The third-order valence-electron chi connectivity index (χ3n) is 2.98. The van der Waals surface area contributed by atoms with Crippen LogP contribution in [0.25, 0.3) is 0 Å². The molecule has 0 aliphatic carbocycles. The molecule has 0 unspecified atom stereocenters. The normalized spacial score (nSPS) is 11.8. The summed E-state index contributed by atoms with van der Waals surface area (Å²) in [6.07, 6.45) is 3.28. The molecular weight excluding hydrogens is 234 g/mol. The van der Waals surface area contributed by atoms with Gasteiger partial charge < -0.3 is 0 Å². The van der Waals surface area contributed by atoms with Crippen LogP contribution in [0.3, 0.4) is 0 Å². The maximum atomic E-state index is 10.8. The van der Waals surface area contributed by atoms with Gasteiger partial charge in [0.15, 0.2) is 0 Å². The van der Waals surface area contributed by atoms with Gasteiger partial charge in [-0.3, -0.25) is 19.5 Å². The van der Waals surface area contributed by atoms with Crippen molar-refractivity contribution in [3.63, 3.8) is 0 Å². The van der Waals surface area contributed by atoms with Crippen LogP contribution in [0.2, 0.25) is 0 Å². The van der Waals surface area contributed by atoms with E-state index in [0.29, 0.717) is 5.69 Å². The van der Waals surface area contributed by atoms with E-state index in [-0.39, 0.29) is 5.69 Å². The molecule has 2 aromatic rings. The molecule has 2 heterocycles. The van der Waals surface area contributed by atoms with Crippen molar-refractivity contribution >= 4 is 5.69 Å². The fourth-order valence-electron chi connectivity index (χ4n) is 1.78. The molecule has 0 spiro atoms. The SMILES string of the molecule is Cc1nn(C(C)(C)c2ccn(C)n2)cc1[N+](=O)[O-]. The Morgan fingerprint density at radius 3 is 2.50 bits per heavy atom. The lowest BCUT2D eigenvalue weighted by Gasteiger charge is -2.22. The highest BCUT2D eigenvalue weighted by Gasteiger charge is 2.29. The van der Waals surface area contributed by atoms with E-state index in [4.69, 9.17) is 0 Å². The van der Waals surface area contributed by atoms with E-state index in [0.717, 1.165) is 5.69 Å². The maximum Gasteiger partial charge on any atom is 0.309 e. The zero-order valence-electron chi connectivity index (χ0n) is 10.8. The molecule has 0 radical (unpaired) electrons. The molecule has 0 saturated heterocycles. The Hall–Kier alpha value is -2.18. The van der Waals surface area contributed by atoms with E-state index in [1.165, 1.54) is 6.20 Å². The Balaban J connectivity index is 2.47. The molecule has 7 heteroatoms. The summed E-state index contributed by atoms with van der Waals surface area (Å²) in [5.74, 6) is 0. The third-order valence-corrected chi connectivity index (χ3v) is 2.98. The topological polar surface area (TPSA) is 78.8 Å². The van der Waals surface area contributed by atoms with Crippen LogP contribution in [0.5, 0.6) is 0 Å². The monoisotopic (exact) mass is 249 g/mol. The summed E-state index contributed by atoms with van der Waals surface area (Å²) in [7, 11) is 1.83. The van der Waals surface area contributed by atoms with E-state index < -0.39 is 10.5 Å². The highest BCUT2D eigenvalue weighted by molar-refractivity contribution is 5.32. The van der Waals surface area contributed by atoms with Gasteiger partial charge >= 0.3 is 5.69 Å². The maximum absolute atomic E-state index is 10.8. The van der Waals surface area contributed by atoms with Crippen molar-refractivity contribution < 1.29 is 4.92 Å². The number of hydrogen-bond donors (Lipinski definition) is 0. The number of rotatable bonds is 3. The lowest BCUT2D eigenvalue weighted by atomic mass is 10.0. The lowest BCUT2D eigenvalue weighted by molar-refractivity contribution is -0.385. The quantitative estimate of drug-likeness (QED) is 0.611. The molecule has 0 aliphatic heterocycles. The fourth-order valence-corrected chi connectivity index (χ4v) is 1.78. The highest BCUT2D eigenvalue weighted by atomic mass is 16.6. The van der Waals surface area contributed by atoms with Gasteiger partial charge in [0.2, 0.25) is 0 Å². The van der Waals surface area contributed by atoms with Gasteiger partial charge in [-0.15, -0.1) is 0 Å². The zero-order valence-corrected chi connectivity index (χ0v) is 10.8. The first-order valence-corrected chi connectivity index (χ1v) is 5.53. The molecule has 0 amide bonds. The van der Waals surface area contributed by atoms with E-state index in [2.05, 4.69) is 10.2 Å². The van der Waals surface area contributed by atoms with Crippen molar-refractivity contribution in [3.05, 3.63) is 40.0 Å². The largest absolute Gasteiger partial charge is 0.309 e. The van der Waals surface area contributed by atoms with Gasteiger partial charge in [0, 0.05) is 13.2 Å². The van der Waals surface area contributed by atoms with Gasteiger partial charge in [-0.1, -0.05) is 0 Å². The molecule has 0 saturated carbocycles. The summed E-state index contributed by atoms with van der Waals surface area (Å²) < 4.78 is 3.28. The van der Waals surface area contributed by atoms with Crippen LogP contribution in [0.4, 0.5) is 5.69 Å². The van der Waals surface area contributed by atoms with Crippen molar-refractivity contribution in [2.45, 2.75) is 26.3 Å². The van der Waals surface area contributed by atoms with Crippen LogP contribution < -0.4 is 0 Å². The summed E-state index contributed by atoms with van der Waals surface area (Å²) in [6, 6.07) is 1.88. The summed E-state index contributed by atoms with van der Waals surface area (Å²) in [5, 5.41) is 19.4. The summed E-state index contributed by atoms with van der Waals surface area (Å²) in [6.45, 7) is 5.47. The zero-order chi connectivity index (χ0) is 13.5. The van der Waals surface area contributed by atoms with Crippen LogP contribution in [0.15, 0.2) is 18.5 Å². The molecule has 7 nitrogen and oxygen atoms in total. The molecule has 0 fully saturated rings. The van der Waals surface area contributed by atoms with Crippen LogP contribution in [0.1, 0.15) is 25.2 Å². The molecule has 0 atom stereocenters. The molecule has 18 heavy (non-hydrogen) atoms. The third kappa shape index (κ3) is 1.87. The predicted octanol–water partition coefficient (Wildman–Crippen LogP) is 1.62. The molecule has 0 aromatic carbocycles. The minimum Gasteiger partial charge on any atom is -0.275 e. The summed E-state index contributed by atoms with van der Waals surface area (Å²) >= 11 is 0. The van der Waals surface area contributed by atoms with Crippen molar-refractivity contribution in [3.8, 4) is 0 Å². The van der Waals surface area contributed by atoms with E-state index in [1.54, 1.807) is 16.3 Å². The minimum absolute atomic E-state index is 0.0269. The Morgan fingerprint density at radius 1 is 1.39 bits per heavy atom. The van der Waals surface area contributed by atoms with Gasteiger partial charge in [-0.2, -0.15) is 10.2 Å². The fraction of sp³-hybridized carbons (Fsp3) is 0.455. The van der Waals surface area contributed by atoms with Crippen molar-refractivity contribution in [2.24, 2.45) is 7.05 Å². The number of hydrogen-bond acceptors (Lipinski definition) is 4. The van der Waals surface area contributed by atoms with Crippen LogP contribution >= 0.6 is 0 Å².